The topological polar surface area (TPSA) is 82.6 Å². The van der Waals surface area contributed by atoms with E-state index >= 15 is 0 Å². The average Bonchev–Trinajstić information content (AvgIpc) is 3.02. The van der Waals surface area contributed by atoms with Crippen LogP contribution < -0.4 is 0 Å². The first-order valence-corrected chi connectivity index (χ1v) is 8.31. The van der Waals surface area contributed by atoms with Gasteiger partial charge >= 0.3 is 5.97 Å². The number of benzene rings is 1. The first kappa shape index (κ1) is 18.9. The van der Waals surface area contributed by atoms with Crippen LogP contribution in [0.5, 0.6) is 0 Å². The van der Waals surface area contributed by atoms with Gasteiger partial charge in [0.15, 0.2) is 0 Å². The third kappa shape index (κ3) is 4.79. The molecule has 0 spiro atoms. The van der Waals surface area contributed by atoms with E-state index in [0.717, 1.165) is 0 Å². The number of hydrogen-bond acceptors (Lipinski definition) is 3. The highest BCUT2D eigenvalue weighted by molar-refractivity contribution is 5.98. The number of aromatic nitrogens is 1. The van der Waals surface area contributed by atoms with Gasteiger partial charge in [0.05, 0.1) is 5.92 Å². The summed E-state index contributed by atoms with van der Waals surface area (Å²) in [6.45, 7) is 4.96. The highest BCUT2D eigenvalue weighted by atomic mass is 19.1. The number of carboxylic acid groups (broad SMARTS) is 1. The van der Waals surface area contributed by atoms with E-state index in [-0.39, 0.29) is 18.1 Å². The molecule has 1 amide bonds. The fraction of sp³-hybridized carbons (Fsp3) is 0.444. The monoisotopic (exact) mass is 350 g/mol. The zero-order valence-corrected chi connectivity index (χ0v) is 14.4. The van der Waals surface area contributed by atoms with E-state index in [0.29, 0.717) is 37.1 Å². The number of amides is 1. The molecule has 2 N–H and O–H groups in total. The van der Waals surface area contributed by atoms with Crippen LogP contribution in [0.3, 0.4) is 0 Å². The predicted octanol–water partition coefficient (Wildman–Crippen LogP) is 2.90. The molecule has 0 bridgehead atoms. The second-order valence-electron chi connectivity index (χ2n) is 5.93. The SMILES string of the molecule is CCOCCCN(CC(C)C(=O)O)C(=O)c1cc2c(F)cccc2[nH]1. The van der Waals surface area contributed by atoms with Crippen LogP contribution in [-0.4, -0.2) is 53.2 Å². The molecular weight excluding hydrogens is 327 g/mol. The number of carboxylic acids is 1. The van der Waals surface area contributed by atoms with Crippen molar-refractivity contribution in [3.05, 3.63) is 35.8 Å². The number of nitrogens with zero attached hydrogens (tertiary/aromatic N) is 1. The first-order chi connectivity index (χ1) is 11.9. The van der Waals surface area contributed by atoms with E-state index in [1.54, 1.807) is 19.1 Å². The summed E-state index contributed by atoms with van der Waals surface area (Å²) >= 11 is 0. The summed E-state index contributed by atoms with van der Waals surface area (Å²) in [5.74, 6) is -2.42. The Morgan fingerprint density at radius 2 is 2.16 bits per heavy atom. The Bertz CT molecular complexity index is 744. The summed E-state index contributed by atoms with van der Waals surface area (Å²) in [5.41, 5.74) is 0.776. The van der Waals surface area contributed by atoms with Crippen LogP contribution in [0.15, 0.2) is 24.3 Å². The lowest BCUT2D eigenvalue weighted by Crippen LogP contribution is -2.38. The number of aliphatic carboxylic acids is 1. The van der Waals surface area contributed by atoms with Gasteiger partial charge in [0.25, 0.3) is 5.91 Å². The summed E-state index contributed by atoms with van der Waals surface area (Å²) in [5, 5.41) is 9.46. The van der Waals surface area contributed by atoms with Gasteiger partial charge in [0, 0.05) is 37.2 Å². The van der Waals surface area contributed by atoms with Crippen LogP contribution in [0.1, 0.15) is 30.8 Å². The van der Waals surface area contributed by atoms with E-state index in [2.05, 4.69) is 4.98 Å². The maximum Gasteiger partial charge on any atom is 0.308 e. The van der Waals surface area contributed by atoms with Crippen LogP contribution in [0.4, 0.5) is 4.39 Å². The second kappa shape index (κ2) is 8.62. The highest BCUT2D eigenvalue weighted by Crippen LogP contribution is 2.20. The molecule has 1 heterocycles. The van der Waals surface area contributed by atoms with E-state index in [1.165, 1.54) is 17.0 Å². The van der Waals surface area contributed by atoms with Crippen molar-refractivity contribution < 1.29 is 23.8 Å². The van der Waals surface area contributed by atoms with Crippen molar-refractivity contribution in [2.75, 3.05) is 26.3 Å². The molecule has 2 aromatic rings. The average molecular weight is 350 g/mol. The molecule has 1 aromatic heterocycles. The molecular formula is C18H23FN2O4. The Hall–Kier alpha value is -2.41. The maximum absolute atomic E-state index is 13.8. The number of halogens is 1. The van der Waals surface area contributed by atoms with Crippen molar-refractivity contribution in [2.24, 2.45) is 5.92 Å². The summed E-state index contributed by atoms with van der Waals surface area (Å²) in [4.78, 5) is 28.3. The molecule has 0 aliphatic carbocycles. The van der Waals surface area contributed by atoms with Crippen LogP contribution in [0.25, 0.3) is 10.9 Å². The number of rotatable bonds is 9. The maximum atomic E-state index is 13.8. The number of ether oxygens (including phenoxy) is 1. The summed E-state index contributed by atoms with van der Waals surface area (Å²) in [6, 6.07) is 6.05. The predicted molar refractivity (Wildman–Crippen MR) is 92.1 cm³/mol. The molecule has 136 valence electrons. The van der Waals surface area contributed by atoms with Gasteiger partial charge < -0.3 is 19.7 Å². The van der Waals surface area contributed by atoms with E-state index < -0.39 is 17.7 Å². The molecule has 0 fully saturated rings. The molecule has 0 aliphatic heterocycles. The third-order valence-corrected chi connectivity index (χ3v) is 3.97. The van der Waals surface area contributed by atoms with Crippen LogP contribution in [0.2, 0.25) is 0 Å². The smallest absolute Gasteiger partial charge is 0.308 e. The lowest BCUT2D eigenvalue weighted by molar-refractivity contribution is -0.141. The first-order valence-electron chi connectivity index (χ1n) is 8.31. The van der Waals surface area contributed by atoms with Crippen molar-refractivity contribution in [2.45, 2.75) is 20.3 Å². The summed E-state index contributed by atoms with van der Waals surface area (Å²) in [7, 11) is 0. The molecule has 1 unspecified atom stereocenters. The number of H-pyrrole nitrogens is 1. The van der Waals surface area contributed by atoms with Gasteiger partial charge in [-0.2, -0.15) is 0 Å². The van der Waals surface area contributed by atoms with E-state index in [4.69, 9.17) is 9.84 Å². The molecule has 25 heavy (non-hydrogen) atoms. The van der Waals surface area contributed by atoms with E-state index in [9.17, 15) is 14.0 Å². The highest BCUT2D eigenvalue weighted by Gasteiger charge is 2.23. The molecule has 6 nitrogen and oxygen atoms in total. The van der Waals surface area contributed by atoms with Gasteiger partial charge in [-0.15, -0.1) is 0 Å². The van der Waals surface area contributed by atoms with Crippen LogP contribution in [-0.2, 0) is 9.53 Å². The Balaban J connectivity index is 2.19. The van der Waals surface area contributed by atoms with Crippen LogP contribution >= 0.6 is 0 Å². The molecule has 0 aliphatic rings. The van der Waals surface area contributed by atoms with Crippen LogP contribution in [0, 0.1) is 11.7 Å². The van der Waals surface area contributed by atoms with E-state index in [1.807, 2.05) is 6.92 Å². The standard InChI is InChI=1S/C18H23FN2O4/c1-3-25-9-5-8-21(11-12(2)18(23)24)17(22)16-10-13-14(19)6-4-7-15(13)20-16/h4,6-7,10,12,20H,3,5,8-9,11H2,1-2H3,(H,23,24). The quantitative estimate of drug-likeness (QED) is 0.681. The normalized spacial score (nSPS) is 12.3. The molecule has 1 aromatic carbocycles. The molecule has 1 atom stereocenters. The van der Waals surface area contributed by atoms with Gasteiger partial charge in [-0.3, -0.25) is 9.59 Å². The van der Waals surface area contributed by atoms with Gasteiger partial charge in [0.1, 0.15) is 11.5 Å². The summed E-state index contributed by atoms with van der Waals surface area (Å²) < 4.78 is 19.1. The minimum atomic E-state index is -0.967. The van der Waals surface area contributed by atoms with Gasteiger partial charge in [-0.1, -0.05) is 13.0 Å². The number of hydrogen-bond donors (Lipinski definition) is 2. The Morgan fingerprint density at radius 3 is 2.80 bits per heavy atom. The minimum Gasteiger partial charge on any atom is -0.481 e. The molecule has 2 rings (SSSR count). The fourth-order valence-corrected chi connectivity index (χ4v) is 2.59. The zero-order chi connectivity index (χ0) is 18.4. The largest absolute Gasteiger partial charge is 0.481 e. The minimum absolute atomic E-state index is 0.0815. The number of nitrogens with one attached hydrogen (secondary N) is 1. The number of carbonyl (C=O) groups is 2. The van der Waals surface area contributed by atoms with Gasteiger partial charge in [-0.25, -0.2) is 4.39 Å². The number of carbonyl (C=O) groups excluding carboxylic acids is 1. The fourth-order valence-electron chi connectivity index (χ4n) is 2.59. The molecule has 0 radical (unpaired) electrons. The van der Waals surface area contributed by atoms with Gasteiger partial charge in [-0.05, 0) is 31.5 Å². The number of aromatic amines is 1. The molecule has 7 heteroatoms. The van der Waals surface area contributed by atoms with Crippen molar-refractivity contribution in [1.29, 1.82) is 0 Å². The summed E-state index contributed by atoms with van der Waals surface area (Å²) in [6.07, 6.45) is 0.598. The lowest BCUT2D eigenvalue weighted by atomic mass is 10.1. The number of fused-ring (bicyclic) bond motifs is 1. The Labute approximate surface area is 145 Å². The second-order valence-corrected chi connectivity index (χ2v) is 5.93. The Morgan fingerprint density at radius 1 is 1.40 bits per heavy atom. The molecule has 0 saturated carbocycles. The Kier molecular flexibility index (Phi) is 6.52. The lowest BCUT2D eigenvalue weighted by Gasteiger charge is -2.24. The zero-order valence-electron chi connectivity index (χ0n) is 14.4. The van der Waals surface area contributed by atoms with Crippen molar-refractivity contribution in [3.63, 3.8) is 0 Å². The van der Waals surface area contributed by atoms with Crippen molar-refractivity contribution >= 4 is 22.8 Å². The molecule has 0 saturated heterocycles. The van der Waals surface area contributed by atoms with Crippen molar-refractivity contribution in [3.8, 4) is 0 Å². The third-order valence-electron chi connectivity index (χ3n) is 3.97. The van der Waals surface area contributed by atoms with Gasteiger partial charge in [0.2, 0.25) is 0 Å². The van der Waals surface area contributed by atoms with Crippen molar-refractivity contribution in [1.82, 2.24) is 9.88 Å².